The molecule has 0 aromatic carbocycles. The van der Waals surface area contributed by atoms with Gasteiger partial charge in [0, 0.05) is 25.3 Å². The lowest BCUT2D eigenvalue weighted by atomic mass is 10.0. The molecule has 4 heterocycles. The van der Waals surface area contributed by atoms with Gasteiger partial charge >= 0.3 is 12.3 Å². The number of ether oxygens (including phenoxy) is 1. The molecule has 0 fully saturated rings. The Kier molecular flexibility index (Phi) is 6.67. The van der Waals surface area contributed by atoms with Gasteiger partial charge in [0.05, 0.1) is 0 Å². The molecule has 13 heteroatoms. The molecule has 35 heavy (non-hydrogen) atoms. The van der Waals surface area contributed by atoms with Gasteiger partial charge in [-0.3, -0.25) is 9.78 Å². The maximum atomic E-state index is 12.8. The van der Waals surface area contributed by atoms with Crippen LogP contribution in [0.3, 0.4) is 0 Å². The minimum atomic E-state index is -4.60. The Hall–Kier alpha value is -4.03. The van der Waals surface area contributed by atoms with Crippen LogP contribution in [0.2, 0.25) is 0 Å². The Morgan fingerprint density at radius 3 is 2.77 bits per heavy atom. The van der Waals surface area contributed by atoms with Crippen LogP contribution < -0.4 is 5.32 Å². The van der Waals surface area contributed by atoms with Crippen molar-refractivity contribution in [1.29, 1.82) is 0 Å². The molecule has 10 nitrogen and oxygen atoms in total. The highest BCUT2D eigenvalue weighted by atomic mass is 19.4. The molecule has 0 saturated carbocycles. The lowest BCUT2D eigenvalue weighted by Gasteiger charge is -2.28. The molecule has 2 amide bonds. The number of amides is 2. The lowest BCUT2D eigenvalue weighted by Crippen LogP contribution is -2.38. The number of halogens is 3. The van der Waals surface area contributed by atoms with Crippen molar-refractivity contribution in [2.45, 2.75) is 39.0 Å². The van der Waals surface area contributed by atoms with Gasteiger partial charge in [-0.1, -0.05) is 6.07 Å². The number of anilines is 1. The molecule has 4 rings (SSSR count). The van der Waals surface area contributed by atoms with Crippen LogP contribution in [0.15, 0.2) is 36.8 Å². The van der Waals surface area contributed by atoms with Gasteiger partial charge in [-0.05, 0) is 49.6 Å². The molecule has 3 aromatic rings. The van der Waals surface area contributed by atoms with E-state index in [1.807, 2.05) is 18.4 Å². The van der Waals surface area contributed by atoms with E-state index >= 15 is 0 Å². The van der Waals surface area contributed by atoms with E-state index in [-0.39, 0.29) is 30.6 Å². The number of pyridine rings is 2. The first-order valence-electron chi connectivity index (χ1n) is 10.8. The lowest BCUT2D eigenvalue weighted by molar-refractivity contribution is -0.162. The van der Waals surface area contributed by atoms with Crippen LogP contribution in [0.1, 0.15) is 41.5 Å². The Morgan fingerprint density at radius 1 is 1.23 bits per heavy atom. The highest BCUT2D eigenvalue weighted by Gasteiger charge is 2.31. The zero-order valence-electron chi connectivity index (χ0n) is 18.9. The van der Waals surface area contributed by atoms with Crippen molar-refractivity contribution in [2.75, 3.05) is 18.5 Å². The summed E-state index contributed by atoms with van der Waals surface area (Å²) in [4.78, 5) is 34.6. The normalized spacial score (nSPS) is 13.5. The standard InChI is InChI=1S/C22H22F3N7O3/c1-13(2)32-12-27-30-19(32)16-4-3-5-18(28-16)29-20(33)17-8-15-10-31(7-6-14(15)9-26-17)21(34)35-11-22(23,24)25/h3-5,8-9,12-13H,6-7,10-11H2,1-2H3,(H,28,29,33). The molecule has 1 N–H and O–H groups in total. The minimum Gasteiger partial charge on any atom is -0.440 e. The van der Waals surface area contributed by atoms with E-state index in [1.54, 1.807) is 24.5 Å². The van der Waals surface area contributed by atoms with E-state index in [9.17, 15) is 22.8 Å². The minimum absolute atomic E-state index is 0.00736. The molecule has 184 valence electrons. The van der Waals surface area contributed by atoms with Crippen molar-refractivity contribution >= 4 is 17.8 Å². The number of nitrogens with one attached hydrogen (secondary N) is 1. The van der Waals surface area contributed by atoms with E-state index in [0.717, 1.165) is 10.5 Å². The maximum absolute atomic E-state index is 12.8. The fourth-order valence-corrected chi connectivity index (χ4v) is 3.57. The van der Waals surface area contributed by atoms with Gasteiger partial charge in [0.25, 0.3) is 5.91 Å². The number of hydrogen-bond acceptors (Lipinski definition) is 7. The van der Waals surface area contributed by atoms with E-state index < -0.39 is 24.8 Å². The van der Waals surface area contributed by atoms with Crippen molar-refractivity contribution in [3.63, 3.8) is 0 Å². The first kappa shape index (κ1) is 24.1. The summed E-state index contributed by atoms with van der Waals surface area (Å²) >= 11 is 0. The number of rotatable bonds is 5. The van der Waals surface area contributed by atoms with Gasteiger partial charge < -0.3 is 19.5 Å². The van der Waals surface area contributed by atoms with E-state index in [4.69, 9.17) is 0 Å². The zero-order chi connectivity index (χ0) is 25.2. The van der Waals surface area contributed by atoms with Crippen LogP contribution in [-0.2, 0) is 17.7 Å². The number of aromatic nitrogens is 5. The summed E-state index contributed by atoms with van der Waals surface area (Å²) in [6.45, 7) is 2.51. The highest BCUT2D eigenvalue weighted by Crippen LogP contribution is 2.23. The quantitative estimate of drug-likeness (QED) is 0.582. The Bertz CT molecular complexity index is 1240. The summed E-state index contributed by atoms with van der Waals surface area (Å²) in [5.74, 6) is 0.308. The van der Waals surface area contributed by atoms with E-state index in [2.05, 4.69) is 30.2 Å². The highest BCUT2D eigenvalue weighted by molar-refractivity contribution is 6.02. The summed E-state index contributed by atoms with van der Waals surface area (Å²) in [6.07, 6.45) is -2.16. The summed E-state index contributed by atoms with van der Waals surface area (Å²) in [5, 5.41) is 10.7. The Balaban J connectivity index is 1.46. The molecular formula is C22H22F3N7O3. The third-order valence-corrected chi connectivity index (χ3v) is 5.29. The molecule has 1 aliphatic rings. The Labute approximate surface area is 198 Å². The number of carbonyl (C=O) groups excluding carboxylic acids is 2. The van der Waals surface area contributed by atoms with Crippen molar-refractivity contribution in [3.05, 3.63) is 53.6 Å². The average Bonchev–Trinajstić information content (AvgIpc) is 3.32. The van der Waals surface area contributed by atoms with Gasteiger partial charge in [0.1, 0.15) is 23.5 Å². The number of nitrogens with zero attached hydrogens (tertiary/aromatic N) is 6. The Morgan fingerprint density at radius 2 is 2.03 bits per heavy atom. The molecule has 1 aliphatic heterocycles. The number of alkyl halides is 3. The van der Waals surface area contributed by atoms with Crippen LogP contribution in [0.5, 0.6) is 0 Å². The molecule has 0 aliphatic carbocycles. The summed E-state index contributed by atoms with van der Waals surface area (Å²) < 4.78 is 43.2. The fourth-order valence-electron chi connectivity index (χ4n) is 3.57. The summed E-state index contributed by atoms with van der Waals surface area (Å²) in [7, 11) is 0. The van der Waals surface area contributed by atoms with Gasteiger partial charge in [-0.25, -0.2) is 9.78 Å². The molecule has 0 unspecified atom stereocenters. The van der Waals surface area contributed by atoms with Crippen molar-refractivity contribution in [1.82, 2.24) is 29.6 Å². The van der Waals surface area contributed by atoms with Crippen LogP contribution >= 0.6 is 0 Å². The number of fused-ring (bicyclic) bond motifs is 1. The molecule has 0 radical (unpaired) electrons. The predicted molar refractivity (Wildman–Crippen MR) is 117 cm³/mol. The largest absolute Gasteiger partial charge is 0.440 e. The topological polar surface area (TPSA) is 115 Å². The van der Waals surface area contributed by atoms with E-state index in [1.165, 1.54) is 12.3 Å². The molecule has 0 saturated heterocycles. The second kappa shape index (κ2) is 9.68. The van der Waals surface area contributed by atoms with Gasteiger partial charge in [-0.2, -0.15) is 13.2 Å². The average molecular weight is 489 g/mol. The third kappa shape index (κ3) is 5.73. The monoisotopic (exact) mass is 489 g/mol. The smallest absolute Gasteiger partial charge is 0.422 e. The molecule has 0 spiro atoms. The predicted octanol–water partition coefficient (Wildman–Crippen LogP) is 3.63. The second-order valence-corrected chi connectivity index (χ2v) is 8.20. The molecule has 0 atom stereocenters. The molecule has 3 aromatic heterocycles. The zero-order valence-corrected chi connectivity index (χ0v) is 18.9. The van der Waals surface area contributed by atoms with Crippen molar-refractivity contribution in [3.8, 4) is 11.5 Å². The molecular weight excluding hydrogens is 467 g/mol. The van der Waals surface area contributed by atoms with Gasteiger partial charge in [0.15, 0.2) is 12.4 Å². The first-order chi connectivity index (χ1) is 16.6. The van der Waals surface area contributed by atoms with Gasteiger partial charge in [-0.15, -0.1) is 10.2 Å². The van der Waals surface area contributed by atoms with Crippen LogP contribution in [0.4, 0.5) is 23.8 Å². The van der Waals surface area contributed by atoms with Crippen molar-refractivity contribution < 1.29 is 27.5 Å². The van der Waals surface area contributed by atoms with Crippen LogP contribution in [0, 0.1) is 0 Å². The summed E-state index contributed by atoms with van der Waals surface area (Å²) in [5.41, 5.74) is 2.01. The number of carbonyl (C=O) groups is 2. The summed E-state index contributed by atoms with van der Waals surface area (Å²) in [6, 6.07) is 6.72. The van der Waals surface area contributed by atoms with E-state index in [0.29, 0.717) is 23.5 Å². The fraction of sp³-hybridized carbons (Fsp3) is 0.364. The second-order valence-electron chi connectivity index (χ2n) is 8.20. The first-order valence-corrected chi connectivity index (χ1v) is 10.8. The SMILES string of the molecule is CC(C)n1cnnc1-c1cccc(NC(=O)c2cc3c(cn2)CCN(C(=O)OCC(F)(F)F)C3)n1. The number of hydrogen-bond donors (Lipinski definition) is 1. The van der Waals surface area contributed by atoms with Crippen LogP contribution in [-0.4, -0.2) is 61.0 Å². The maximum Gasteiger partial charge on any atom is 0.422 e. The van der Waals surface area contributed by atoms with Crippen molar-refractivity contribution in [2.24, 2.45) is 0 Å². The molecule has 0 bridgehead atoms. The van der Waals surface area contributed by atoms with Crippen LogP contribution in [0.25, 0.3) is 11.5 Å². The third-order valence-electron chi connectivity index (χ3n) is 5.29. The van der Waals surface area contributed by atoms with Gasteiger partial charge in [0.2, 0.25) is 0 Å².